The fraction of sp³-hybridized carbons (Fsp3) is 0.500. The molecule has 2 rings (SSSR count). The number of likely N-dealkylation sites (tertiary alicyclic amines) is 1. The fourth-order valence-corrected chi connectivity index (χ4v) is 3.19. The normalized spacial score (nSPS) is 16.3. The molecule has 0 radical (unpaired) electrons. The van der Waals surface area contributed by atoms with Crippen molar-refractivity contribution in [1.29, 1.82) is 0 Å². The molecule has 1 saturated heterocycles. The van der Waals surface area contributed by atoms with E-state index in [0.29, 0.717) is 6.54 Å². The molecule has 0 bridgehead atoms. The van der Waals surface area contributed by atoms with E-state index < -0.39 is 0 Å². The quantitative estimate of drug-likeness (QED) is 0.665. The summed E-state index contributed by atoms with van der Waals surface area (Å²) >= 11 is 1.61. The molecule has 1 aromatic carbocycles. The minimum absolute atomic E-state index is 0.0157. The zero-order valence-electron chi connectivity index (χ0n) is 13.0. The molecule has 1 N–H and O–H groups in total. The number of piperidine rings is 1. The molecule has 1 heterocycles. The third-order valence-electron chi connectivity index (χ3n) is 3.87. The maximum atomic E-state index is 12.2. The molecule has 6 heteroatoms. The summed E-state index contributed by atoms with van der Waals surface area (Å²) in [6.07, 6.45) is 3.49. The molecule has 1 aliphatic heterocycles. The van der Waals surface area contributed by atoms with E-state index in [1.165, 1.54) is 7.11 Å². The van der Waals surface area contributed by atoms with Gasteiger partial charge in [-0.15, -0.1) is 11.8 Å². The highest BCUT2D eigenvalue weighted by molar-refractivity contribution is 7.98. The third kappa shape index (κ3) is 4.48. The lowest BCUT2D eigenvalue weighted by Crippen LogP contribution is -2.41. The smallest absolute Gasteiger partial charge is 0.308 e. The number of carbonyl (C=O) groups excluding carboxylic acids is 2. The predicted molar refractivity (Wildman–Crippen MR) is 88.0 cm³/mol. The highest BCUT2D eigenvalue weighted by Crippen LogP contribution is 2.24. The van der Waals surface area contributed by atoms with E-state index in [0.717, 1.165) is 36.5 Å². The van der Waals surface area contributed by atoms with Crippen LogP contribution in [0.5, 0.6) is 0 Å². The third-order valence-corrected chi connectivity index (χ3v) is 4.67. The van der Waals surface area contributed by atoms with Gasteiger partial charge >= 0.3 is 5.97 Å². The summed E-state index contributed by atoms with van der Waals surface area (Å²) in [5, 5.41) is 2.96. The van der Waals surface area contributed by atoms with Gasteiger partial charge in [-0.3, -0.25) is 14.5 Å². The van der Waals surface area contributed by atoms with Crippen LogP contribution in [-0.2, 0) is 14.3 Å². The number of benzene rings is 1. The van der Waals surface area contributed by atoms with Gasteiger partial charge in [-0.1, -0.05) is 12.1 Å². The van der Waals surface area contributed by atoms with Crippen LogP contribution in [-0.4, -0.2) is 49.8 Å². The van der Waals surface area contributed by atoms with Gasteiger partial charge in [0.2, 0.25) is 5.91 Å². The molecule has 0 atom stereocenters. The van der Waals surface area contributed by atoms with Gasteiger partial charge in [0.15, 0.2) is 0 Å². The Hall–Kier alpha value is -1.53. The van der Waals surface area contributed by atoms with Crippen molar-refractivity contribution >= 4 is 29.3 Å². The average molecular weight is 322 g/mol. The summed E-state index contributed by atoms with van der Waals surface area (Å²) in [5.74, 6) is -0.183. The van der Waals surface area contributed by atoms with E-state index >= 15 is 0 Å². The van der Waals surface area contributed by atoms with Gasteiger partial charge in [0.1, 0.15) is 0 Å². The standard InChI is InChI=1S/C16H22N2O3S/c1-21-16(20)12-7-9-18(10-8-12)11-15(19)17-13-5-3-4-6-14(13)22-2/h3-6,12H,7-11H2,1-2H3,(H,17,19). The minimum atomic E-state index is -0.141. The Morgan fingerprint density at radius 1 is 1.32 bits per heavy atom. The van der Waals surface area contributed by atoms with Gasteiger partial charge in [-0.05, 0) is 44.3 Å². The van der Waals surface area contributed by atoms with Gasteiger partial charge < -0.3 is 10.1 Å². The number of methoxy groups -OCH3 is 1. The number of carbonyl (C=O) groups is 2. The van der Waals surface area contributed by atoms with Crippen molar-refractivity contribution < 1.29 is 14.3 Å². The number of hydrogen-bond donors (Lipinski definition) is 1. The number of nitrogens with one attached hydrogen (secondary N) is 1. The topological polar surface area (TPSA) is 58.6 Å². The Balaban J connectivity index is 1.82. The molecular weight excluding hydrogens is 300 g/mol. The van der Waals surface area contributed by atoms with Crippen LogP contribution in [0, 0.1) is 5.92 Å². The predicted octanol–water partition coefficient (Wildman–Crippen LogP) is 2.23. The Morgan fingerprint density at radius 3 is 2.64 bits per heavy atom. The highest BCUT2D eigenvalue weighted by atomic mass is 32.2. The molecule has 22 heavy (non-hydrogen) atoms. The Bertz CT molecular complexity index is 528. The number of amides is 1. The molecule has 1 amide bonds. The van der Waals surface area contributed by atoms with Crippen molar-refractivity contribution in [1.82, 2.24) is 4.90 Å². The lowest BCUT2D eigenvalue weighted by Gasteiger charge is -2.30. The summed E-state index contributed by atoms with van der Waals surface area (Å²) in [6.45, 7) is 1.85. The molecular formula is C16H22N2O3S. The molecule has 0 aromatic heterocycles. The Kier molecular flexibility index (Phi) is 6.27. The van der Waals surface area contributed by atoms with Gasteiger partial charge in [0, 0.05) is 4.90 Å². The molecule has 1 fully saturated rings. The van der Waals surface area contributed by atoms with E-state index in [-0.39, 0.29) is 17.8 Å². The molecule has 0 aliphatic carbocycles. The minimum Gasteiger partial charge on any atom is -0.469 e. The second-order valence-electron chi connectivity index (χ2n) is 5.32. The number of para-hydroxylation sites is 1. The Labute approximate surface area is 135 Å². The van der Waals surface area contributed by atoms with Crippen molar-refractivity contribution in [2.75, 3.05) is 38.3 Å². The first-order chi connectivity index (χ1) is 10.6. The van der Waals surface area contributed by atoms with E-state index in [4.69, 9.17) is 4.74 Å². The first-order valence-electron chi connectivity index (χ1n) is 7.37. The number of rotatable bonds is 5. The summed E-state index contributed by atoms with van der Waals surface area (Å²) in [6, 6.07) is 7.77. The van der Waals surface area contributed by atoms with Crippen molar-refractivity contribution in [3.05, 3.63) is 24.3 Å². The highest BCUT2D eigenvalue weighted by Gasteiger charge is 2.26. The van der Waals surface area contributed by atoms with E-state index in [2.05, 4.69) is 10.2 Å². The summed E-state index contributed by atoms with van der Waals surface area (Å²) in [4.78, 5) is 26.8. The molecule has 0 spiro atoms. The largest absolute Gasteiger partial charge is 0.469 e. The van der Waals surface area contributed by atoms with Crippen LogP contribution in [0.2, 0.25) is 0 Å². The molecule has 1 aliphatic rings. The second kappa shape index (κ2) is 8.19. The van der Waals surface area contributed by atoms with Crippen LogP contribution in [0.3, 0.4) is 0 Å². The van der Waals surface area contributed by atoms with Crippen LogP contribution < -0.4 is 5.32 Å². The zero-order chi connectivity index (χ0) is 15.9. The first kappa shape index (κ1) is 16.8. The van der Waals surface area contributed by atoms with Crippen molar-refractivity contribution in [3.8, 4) is 0 Å². The number of anilines is 1. The maximum Gasteiger partial charge on any atom is 0.308 e. The van der Waals surface area contributed by atoms with Gasteiger partial charge in [0.05, 0.1) is 25.3 Å². The Morgan fingerprint density at radius 2 is 2.00 bits per heavy atom. The van der Waals surface area contributed by atoms with Crippen LogP contribution in [0.1, 0.15) is 12.8 Å². The number of esters is 1. The number of ether oxygens (including phenoxy) is 1. The summed E-state index contributed by atoms with van der Waals surface area (Å²) < 4.78 is 4.77. The van der Waals surface area contributed by atoms with Crippen LogP contribution in [0.4, 0.5) is 5.69 Å². The fourth-order valence-electron chi connectivity index (χ4n) is 2.63. The maximum absolute atomic E-state index is 12.2. The van der Waals surface area contributed by atoms with Gasteiger partial charge in [-0.25, -0.2) is 0 Å². The van der Waals surface area contributed by atoms with Crippen LogP contribution in [0.15, 0.2) is 29.2 Å². The monoisotopic (exact) mass is 322 g/mol. The lowest BCUT2D eigenvalue weighted by molar-refractivity contribution is -0.147. The van der Waals surface area contributed by atoms with E-state index in [1.54, 1.807) is 11.8 Å². The lowest BCUT2D eigenvalue weighted by atomic mass is 9.97. The number of thioether (sulfide) groups is 1. The molecule has 5 nitrogen and oxygen atoms in total. The van der Waals surface area contributed by atoms with Gasteiger partial charge in [0.25, 0.3) is 0 Å². The van der Waals surface area contributed by atoms with Crippen LogP contribution in [0.25, 0.3) is 0 Å². The number of nitrogens with zero attached hydrogens (tertiary/aromatic N) is 1. The van der Waals surface area contributed by atoms with E-state index in [1.807, 2.05) is 30.5 Å². The van der Waals surface area contributed by atoms with Crippen molar-refractivity contribution in [3.63, 3.8) is 0 Å². The van der Waals surface area contributed by atoms with Crippen molar-refractivity contribution in [2.45, 2.75) is 17.7 Å². The SMILES string of the molecule is COC(=O)C1CCN(CC(=O)Nc2ccccc2SC)CC1. The molecule has 1 aromatic rings. The summed E-state index contributed by atoms with van der Waals surface area (Å²) in [7, 11) is 1.42. The average Bonchev–Trinajstić information content (AvgIpc) is 2.55. The molecule has 0 saturated carbocycles. The second-order valence-corrected chi connectivity index (χ2v) is 6.17. The van der Waals surface area contributed by atoms with Crippen molar-refractivity contribution in [2.24, 2.45) is 5.92 Å². The molecule has 120 valence electrons. The first-order valence-corrected chi connectivity index (χ1v) is 8.59. The van der Waals surface area contributed by atoms with Crippen LogP contribution >= 0.6 is 11.8 Å². The van der Waals surface area contributed by atoms with E-state index in [9.17, 15) is 9.59 Å². The number of hydrogen-bond acceptors (Lipinski definition) is 5. The molecule has 0 unspecified atom stereocenters. The summed E-state index contributed by atoms with van der Waals surface area (Å²) in [5.41, 5.74) is 0.851. The zero-order valence-corrected chi connectivity index (χ0v) is 13.8. The van der Waals surface area contributed by atoms with Gasteiger partial charge in [-0.2, -0.15) is 0 Å².